The minimum absolute atomic E-state index is 0.145. The average molecular weight is 469 g/mol. The van der Waals surface area contributed by atoms with E-state index in [-0.39, 0.29) is 12.1 Å². The van der Waals surface area contributed by atoms with E-state index in [0.717, 1.165) is 35.2 Å². The summed E-state index contributed by atoms with van der Waals surface area (Å²) < 4.78 is 12.5. The summed E-state index contributed by atoms with van der Waals surface area (Å²) in [5.74, 6) is 1.50. The van der Waals surface area contributed by atoms with E-state index in [2.05, 4.69) is 22.4 Å². The van der Waals surface area contributed by atoms with Gasteiger partial charge in [0.2, 0.25) is 0 Å². The number of benzene rings is 1. The number of carbonyl (C=O) groups is 1. The van der Waals surface area contributed by atoms with Gasteiger partial charge in [0.1, 0.15) is 11.4 Å². The van der Waals surface area contributed by atoms with Gasteiger partial charge < -0.3 is 9.47 Å². The lowest BCUT2D eigenvalue weighted by Crippen LogP contribution is -2.30. The van der Waals surface area contributed by atoms with Gasteiger partial charge in [-0.25, -0.2) is 10.4 Å². The quantitative estimate of drug-likeness (QED) is 0.403. The van der Waals surface area contributed by atoms with E-state index >= 15 is 0 Å². The van der Waals surface area contributed by atoms with E-state index in [0.29, 0.717) is 36.0 Å². The van der Waals surface area contributed by atoms with Crippen LogP contribution in [-0.4, -0.2) is 34.9 Å². The average Bonchev–Trinajstić information content (AvgIpc) is 3.16. The van der Waals surface area contributed by atoms with Crippen LogP contribution < -0.4 is 20.5 Å². The predicted octanol–water partition coefficient (Wildman–Crippen LogP) is 3.53. The van der Waals surface area contributed by atoms with Crippen molar-refractivity contribution < 1.29 is 14.3 Å². The minimum atomic E-state index is -0.400. The molecule has 1 atom stereocenters. The first kappa shape index (κ1) is 23.0. The lowest BCUT2D eigenvalue weighted by atomic mass is 9.89. The number of nitrogens with one attached hydrogen (secondary N) is 1. The molecule has 2 heterocycles. The number of amides is 1. The summed E-state index contributed by atoms with van der Waals surface area (Å²) >= 11 is 1.60. The van der Waals surface area contributed by atoms with Gasteiger partial charge in [0, 0.05) is 4.88 Å². The van der Waals surface area contributed by atoms with Crippen molar-refractivity contribution in [1.82, 2.24) is 15.0 Å². The van der Waals surface area contributed by atoms with Gasteiger partial charge in [-0.3, -0.25) is 14.2 Å². The fraction of sp³-hybridized carbons (Fsp3) is 0.417. The van der Waals surface area contributed by atoms with Crippen molar-refractivity contribution in [2.75, 3.05) is 13.2 Å². The zero-order valence-electron chi connectivity index (χ0n) is 19.1. The lowest BCUT2D eigenvalue weighted by molar-refractivity contribution is -0.121. The van der Waals surface area contributed by atoms with Crippen molar-refractivity contribution in [2.45, 2.75) is 46.6 Å². The monoisotopic (exact) mass is 468 g/mol. The Hall–Kier alpha value is -3.20. The van der Waals surface area contributed by atoms with Crippen LogP contribution in [0.5, 0.6) is 11.5 Å². The fourth-order valence-electron chi connectivity index (χ4n) is 4.00. The number of ether oxygens (including phenoxy) is 2. The van der Waals surface area contributed by atoms with Crippen molar-refractivity contribution in [3.05, 3.63) is 50.9 Å². The van der Waals surface area contributed by atoms with Gasteiger partial charge in [-0.05, 0) is 68.4 Å². The van der Waals surface area contributed by atoms with Crippen LogP contribution in [0, 0.1) is 5.92 Å². The maximum absolute atomic E-state index is 13.0. The molecule has 1 aliphatic carbocycles. The number of hydrogen-bond donors (Lipinski definition) is 1. The number of nitrogens with zero attached hydrogens (tertiary/aromatic N) is 3. The number of hydrazone groups is 1. The molecule has 1 aliphatic rings. The Bertz CT molecular complexity index is 1250. The number of aromatic nitrogens is 2. The molecule has 3 aromatic rings. The van der Waals surface area contributed by atoms with Crippen molar-refractivity contribution in [3.8, 4) is 11.5 Å². The van der Waals surface area contributed by atoms with E-state index in [1.165, 1.54) is 22.0 Å². The lowest BCUT2D eigenvalue weighted by Gasteiger charge is -2.17. The van der Waals surface area contributed by atoms with Crippen molar-refractivity contribution in [2.24, 2.45) is 11.0 Å². The van der Waals surface area contributed by atoms with Crippen LogP contribution in [-0.2, 0) is 24.2 Å². The third-order valence-corrected chi connectivity index (χ3v) is 6.73. The zero-order chi connectivity index (χ0) is 23.4. The summed E-state index contributed by atoms with van der Waals surface area (Å²) in [6, 6.07) is 5.43. The van der Waals surface area contributed by atoms with E-state index in [4.69, 9.17) is 9.47 Å². The number of rotatable bonds is 8. The number of hydrogen-bond acceptors (Lipinski definition) is 7. The molecule has 1 N–H and O–H groups in total. The van der Waals surface area contributed by atoms with Crippen LogP contribution >= 0.6 is 11.3 Å². The van der Waals surface area contributed by atoms with Gasteiger partial charge in [0.25, 0.3) is 11.5 Å². The zero-order valence-corrected chi connectivity index (χ0v) is 19.9. The third kappa shape index (κ3) is 5.08. The molecule has 0 bridgehead atoms. The van der Waals surface area contributed by atoms with Gasteiger partial charge in [-0.15, -0.1) is 11.3 Å². The second-order valence-electron chi connectivity index (χ2n) is 8.07. The van der Waals surface area contributed by atoms with E-state index in [9.17, 15) is 9.59 Å². The highest BCUT2D eigenvalue weighted by atomic mass is 32.1. The summed E-state index contributed by atoms with van der Waals surface area (Å²) in [5, 5.41) is 4.69. The third-order valence-electron chi connectivity index (χ3n) is 5.57. The molecule has 9 heteroatoms. The Kier molecular flexibility index (Phi) is 7.08. The Labute approximate surface area is 196 Å². The summed E-state index contributed by atoms with van der Waals surface area (Å²) in [5.41, 5.74) is 4.18. The molecule has 174 valence electrons. The Morgan fingerprint density at radius 3 is 2.88 bits per heavy atom. The highest BCUT2D eigenvalue weighted by Crippen LogP contribution is 2.35. The second-order valence-corrected chi connectivity index (χ2v) is 9.16. The molecule has 0 radical (unpaired) electrons. The summed E-state index contributed by atoms with van der Waals surface area (Å²) in [6.07, 6.45) is 5.91. The van der Waals surface area contributed by atoms with E-state index < -0.39 is 5.91 Å². The highest BCUT2D eigenvalue weighted by Gasteiger charge is 2.23. The van der Waals surface area contributed by atoms with Crippen LogP contribution in [0.1, 0.15) is 43.2 Å². The molecule has 2 aromatic heterocycles. The molecule has 1 unspecified atom stereocenters. The maximum atomic E-state index is 13.0. The number of thiophene rings is 1. The first-order valence-electron chi connectivity index (χ1n) is 11.2. The van der Waals surface area contributed by atoms with Crippen LogP contribution in [0.25, 0.3) is 10.2 Å². The van der Waals surface area contributed by atoms with E-state index in [1.807, 2.05) is 19.9 Å². The Balaban J connectivity index is 1.45. The van der Waals surface area contributed by atoms with Gasteiger partial charge in [0.15, 0.2) is 11.5 Å². The summed E-state index contributed by atoms with van der Waals surface area (Å²) in [7, 11) is 0. The number of fused-ring (bicyclic) bond motifs is 3. The second kappa shape index (κ2) is 10.2. The van der Waals surface area contributed by atoms with Crippen LogP contribution in [0.3, 0.4) is 0 Å². The van der Waals surface area contributed by atoms with Gasteiger partial charge in [-0.1, -0.05) is 6.92 Å². The molecule has 0 saturated heterocycles. The molecular formula is C24H28N4O4S. The molecule has 0 aliphatic heterocycles. The number of aryl methyl sites for hydroxylation is 1. The molecule has 33 heavy (non-hydrogen) atoms. The molecule has 0 saturated carbocycles. The van der Waals surface area contributed by atoms with Gasteiger partial charge in [-0.2, -0.15) is 5.10 Å². The molecule has 8 nitrogen and oxygen atoms in total. The molecule has 1 amide bonds. The Morgan fingerprint density at radius 1 is 1.30 bits per heavy atom. The SMILES string of the molecule is CCOc1ccc(/C=N/NC(=O)Cn2cnc3sc4c(c3c2=O)CCC(C)C4)cc1OCC. The normalized spacial score (nSPS) is 15.5. The molecule has 0 spiro atoms. The number of carbonyl (C=O) groups excluding carboxylic acids is 1. The Morgan fingerprint density at radius 2 is 2.09 bits per heavy atom. The molecule has 0 fully saturated rings. The topological polar surface area (TPSA) is 94.8 Å². The fourth-order valence-corrected chi connectivity index (χ4v) is 5.34. The largest absolute Gasteiger partial charge is 0.490 e. The van der Waals surface area contributed by atoms with Crippen molar-refractivity contribution in [3.63, 3.8) is 0 Å². The standard InChI is InChI=1S/C24H28N4O4S/c1-4-31-18-9-7-16(11-19(18)32-5-2)12-26-27-21(29)13-28-14-25-23-22(24(28)30)17-8-6-15(3)10-20(17)33-23/h7,9,11-12,14-15H,4-6,8,10,13H2,1-3H3,(H,27,29)/b26-12+. The van der Waals surface area contributed by atoms with Crippen LogP contribution in [0.15, 0.2) is 34.4 Å². The van der Waals surface area contributed by atoms with Gasteiger partial charge >= 0.3 is 0 Å². The summed E-state index contributed by atoms with van der Waals surface area (Å²) in [6.45, 7) is 6.94. The summed E-state index contributed by atoms with van der Waals surface area (Å²) in [4.78, 5) is 31.9. The minimum Gasteiger partial charge on any atom is -0.490 e. The molecule has 4 rings (SSSR count). The first-order chi connectivity index (χ1) is 16.0. The smallest absolute Gasteiger partial charge is 0.262 e. The van der Waals surface area contributed by atoms with Crippen molar-refractivity contribution in [1.29, 1.82) is 0 Å². The first-order valence-corrected chi connectivity index (χ1v) is 12.0. The maximum Gasteiger partial charge on any atom is 0.262 e. The highest BCUT2D eigenvalue weighted by molar-refractivity contribution is 7.18. The predicted molar refractivity (Wildman–Crippen MR) is 130 cm³/mol. The van der Waals surface area contributed by atoms with Crippen LogP contribution in [0.4, 0.5) is 0 Å². The van der Waals surface area contributed by atoms with Crippen molar-refractivity contribution >= 4 is 33.7 Å². The molecular weight excluding hydrogens is 440 g/mol. The van der Waals surface area contributed by atoms with Gasteiger partial charge in [0.05, 0.1) is 31.1 Å². The van der Waals surface area contributed by atoms with E-state index in [1.54, 1.807) is 23.5 Å². The molecule has 1 aromatic carbocycles. The van der Waals surface area contributed by atoms with Crippen LogP contribution in [0.2, 0.25) is 0 Å².